The average Bonchev–Trinajstić information content (AvgIpc) is 3.21. The maximum absolute atomic E-state index is 3.66. The number of nitrogens with one attached hydrogen (secondary N) is 1. The molecule has 0 spiro atoms. The van der Waals surface area contributed by atoms with E-state index in [9.17, 15) is 0 Å². The molecule has 0 saturated heterocycles. The minimum atomic E-state index is 0.420. The number of hydrogen-bond donors (Lipinski definition) is 1. The molecule has 1 N–H and O–H groups in total. The summed E-state index contributed by atoms with van der Waals surface area (Å²) in [5.41, 5.74) is 3.36. The summed E-state index contributed by atoms with van der Waals surface area (Å²) < 4.78 is 0. The van der Waals surface area contributed by atoms with Crippen LogP contribution in [0.1, 0.15) is 64.5 Å². The van der Waals surface area contributed by atoms with Crippen LogP contribution in [-0.4, -0.2) is 12.6 Å². The van der Waals surface area contributed by atoms with E-state index in [2.05, 4.69) is 64.2 Å². The van der Waals surface area contributed by atoms with Crippen molar-refractivity contribution in [3.8, 4) is 0 Å². The first-order chi connectivity index (χ1) is 9.40. The van der Waals surface area contributed by atoms with Crippen LogP contribution in [0.4, 0.5) is 0 Å². The van der Waals surface area contributed by atoms with Gasteiger partial charge < -0.3 is 5.32 Å². The van der Waals surface area contributed by atoms with E-state index in [1.54, 1.807) is 0 Å². The van der Waals surface area contributed by atoms with Crippen molar-refractivity contribution in [2.75, 3.05) is 6.54 Å². The lowest BCUT2D eigenvalue weighted by Gasteiger charge is -2.31. The maximum Gasteiger partial charge on any atom is 0.00134 e. The molecule has 1 unspecified atom stereocenters. The lowest BCUT2D eigenvalue weighted by molar-refractivity contribution is 0.248. The minimum absolute atomic E-state index is 0.420. The van der Waals surface area contributed by atoms with E-state index in [1.807, 2.05) is 0 Å². The first-order valence-corrected chi connectivity index (χ1v) is 8.23. The fraction of sp³-hybridized carbons (Fsp3) is 0.684. The summed E-state index contributed by atoms with van der Waals surface area (Å²) in [4.78, 5) is 0. The second-order valence-corrected chi connectivity index (χ2v) is 7.54. The molecule has 0 amide bonds. The molecule has 112 valence electrons. The van der Waals surface area contributed by atoms with Gasteiger partial charge in [-0.1, -0.05) is 58.9 Å². The third kappa shape index (κ3) is 4.09. The zero-order chi connectivity index (χ0) is 14.8. The fourth-order valence-electron chi connectivity index (χ4n) is 3.06. The normalized spacial score (nSPS) is 18.6. The maximum atomic E-state index is 3.66. The molecule has 1 saturated carbocycles. The molecular formula is C19H31N. The second kappa shape index (κ2) is 6.30. The van der Waals surface area contributed by atoms with Gasteiger partial charge in [-0.05, 0) is 47.6 Å². The van der Waals surface area contributed by atoms with Crippen molar-refractivity contribution in [2.45, 2.75) is 65.8 Å². The molecule has 0 radical (unpaired) electrons. The molecule has 1 heteroatoms. The smallest absolute Gasteiger partial charge is 0.00134 e. The van der Waals surface area contributed by atoms with Crippen molar-refractivity contribution < 1.29 is 0 Å². The van der Waals surface area contributed by atoms with Crippen molar-refractivity contribution in [2.24, 2.45) is 11.3 Å². The molecule has 20 heavy (non-hydrogen) atoms. The average molecular weight is 273 g/mol. The van der Waals surface area contributed by atoms with Gasteiger partial charge in [0.05, 0.1) is 0 Å². The molecule has 0 heterocycles. The molecule has 1 nitrogen and oxygen atoms in total. The highest BCUT2D eigenvalue weighted by Gasteiger charge is 2.41. The Bertz CT molecular complexity index is 414. The molecule has 0 aliphatic heterocycles. The van der Waals surface area contributed by atoms with Gasteiger partial charge in [0.25, 0.3) is 0 Å². The molecule has 1 aromatic carbocycles. The Balaban J connectivity index is 2.03. The monoisotopic (exact) mass is 273 g/mol. The van der Waals surface area contributed by atoms with Crippen LogP contribution in [0.15, 0.2) is 24.3 Å². The Morgan fingerprint density at radius 2 is 1.70 bits per heavy atom. The van der Waals surface area contributed by atoms with Gasteiger partial charge in [0.15, 0.2) is 0 Å². The third-order valence-electron chi connectivity index (χ3n) is 4.73. The van der Waals surface area contributed by atoms with Crippen LogP contribution in [0.2, 0.25) is 0 Å². The highest BCUT2D eigenvalue weighted by molar-refractivity contribution is 5.26. The highest BCUT2D eigenvalue weighted by Crippen LogP contribution is 2.47. The number of hydrogen-bond acceptors (Lipinski definition) is 1. The zero-order valence-electron chi connectivity index (χ0n) is 13.9. The molecule has 0 bridgehead atoms. The van der Waals surface area contributed by atoms with Crippen molar-refractivity contribution >= 4 is 0 Å². The Kier molecular flexibility index (Phi) is 4.90. The molecule has 2 rings (SSSR count). The molecule has 1 aliphatic rings. The van der Waals surface area contributed by atoms with Crippen LogP contribution in [-0.2, 0) is 6.42 Å². The van der Waals surface area contributed by atoms with Gasteiger partial charge in [-0.15, -0.1) is 0 Å². The third-order valence-corrected chi connectivity index (χ3v) is 4.73. The van der Waals surface area contributed by atoms with Gasteiger partial charge >= 0.3 is 0 Å². The zero-order valence-corrected chi connectivity index (χ0v) is 13.9. The SMILES string of the molecule is CC(C)NCC(C)(Cc1ccc(C(C)C)cc1)C1CC1. The van der Waals surface area contributed by atoms with Crippen LogP contribution < -0.4 is 5.32 Å². The van der Waals surface area contributed by atoms with Crippen LogP contribution in [0.25, 0.3) is 0 Å². The van der Waals surface area contributed by atoms with E-state index in [1.165, 1.54) is 30.4 Å². The summed E-state index contributed by atoms with van der Waals surface area (Å²) in [5.74, 6) is 1.54. The lowest BCUT2D eigenvalue weighted by atomic mass is 9.78. The quantitative estimate of drug-likeness (QED) is 0.755. The Morgan fingerprint density at radius 1 is 1.10 bits per heavy atom. The summed E-state index contributed by atoms with van der Waals surface area (Å²) >= 11 is 0. The van der Waals surface area contributed by atoms with Gasteiger partial charge in [0.2, 0.25) is 0 Å². The van der Waals surface area contributed by atoms with Gasteiger partial charge in [0, 0.05) is 12.6 Å². The van der Waals surface area contributed by atoms with Crippen molar-refractivity contribution in [3.63, 3.8) is 0 Å². The van der Waals surface area contributed by atoms with Crippen LogP contribution in [0.3, 0.4) is 0 Å². The topological polar surface area (TPSA) is 12.0 Å². The van der Waals surface area contributed by atoms with Crippen LogP contribution in [0.5, 0.6) is 0 Å². The summed E-state index contributed by atoms with van der Waals surface area (Å²) in [6.07, 6.45) is 4.04. The molecule has 1 fully saturated rings. The largest absolute Gasteiger partial charge is 0.314 e. The highest BCUT2D eigenvalue weighted by atomic mass is 14.9. The minimum Gasteiger partial charge on any atom is -0.314 e. The predicted molar refractivity (Wildman–Crippen MR) is 88.2 cm³/mol. The van der Waals surface area contributed by atoms with Gasteiger partial charge in [-0.25, -0.2) is 0 Å². The first-order valence-electron chi connectivity index (χ1n) is 8.23. The summed E-state index contributed by atoms with van der Waals surface area (Å²) in [7, 11) is 0. The lowest BCUT2D eigenvalue weighted by Crippen LogP contribution is -2.38. The Morgan fingerprint density at radius 3 is 2.15 bits per heavy atom. The predicted octanol–water partition coefficient (Wildman–Crippen LogP) is 4.77. The fourth-order valence-corrected chi connectivity index (χ4v) is 3.06. The summed E-state index contributed by atoms with van der Waals surface area (Å²) in [5, 5.41) is 3.66. The van der Waals surface area contributed by atoms with E-state index in [0.717, 1.165) is 12.5 Å². The van der Waals surface area contributed by atoms with Crippen molar-refractivity contribution in [1.29, 1.82) is 0 Å². The van der Waals surface area contributed by atoms with Crippen LogP contribution >= 0.6 is 0 Å². The Hall–Kier alpha value is -0.820. The summed E-state index contributed by atoms with van der Waals surface area (Å²) in [6, 6.07) is 9.87. The van der Waals surface area contributed by atoms with E-state index in [4.69, 9.17) is 0 Å². The standard InChI is InChI=1S/C19H31N/c1-14(2)17-8-6-16(7-9-17)12-19(5,18-10-11-18)13-20-15(3)4/h6-9,14-15,18,20H,10-13H2,1-5H3. The van der Waals surface area contributed by atoms with Crippen molar-refractivity contribution in [3.05, 3.63) is 35.4 Å². The first kappa shape index (κ1) is 15.6. The number of rotatable bonds is 7. The van der Waals surface area contributed by atoms with E-state index in [-0.39, 0.29) is 0 Å². The van der Waals surface area contributed by atoms with Gasteiger partial charge in [0.1, 0.15) is 0 Å². The molecule has 1 aromatic rings. The second-order valence-electron chi connectivity index (χ2n) is 7.54. The van der Waals surface area contributed by atoms with E-state index >= 15 is 0 Å². The van der Waals surface area contributed by atoms with Gasteiger partial charge in [-0.2, -0.15) is 0 Å². The molecular weight excluding hydrogens is 242 g/mol. The van der Waals surface area contributed by atoms with Gasteiger partial charge in [-0.3, -0.25) is 0 Å². The van der Waals surface area contributed by atoms with Crippen molar-refractivity contribution in [1.82, 2.24) is 5.32 Å². The van der Waals surface area contributed by atoms with Crippen LogP contribution in [0, 0.1) is 11.3 Å². The Labute approximate surface area is 125 Å². The van der Waals surface area contributed by atoms with E-state index in [0.29, 0.717) is 17.4 Å². The van der Waals surface area contributed by atoms with E-state index < -0.39 is 0 Å². The molecule has 1 atom stereocenters. The number of benzene rings is 1. The molecule has 0 aromatic heterocycles. The summed E-state index contributed by atoms with van der Waals surface area (Å²) in [6.45, 7) is 12.6. The molecule has 1 aliphatic carbocycles.